The molecule has 1 N–H and O–H groups in total. The van der Waals surface area contributed by atoms with Crippen LogP contribution in [0, 0.1) is 5.41 Å². The summed E-state index contributed by atoms with van der Waals surface area (Å²) in [6.07, 6.45) is 8.94. The van der Waals surface area contributed by atoms with Gasteiger partial charge in [-0.1, -0.05) is 26.2 Å². The lowest BCUT2D eigenvalue weighted by Crippen LogP contribution is -2.24. The van der Waals surface area contributed by atoms with E-state index in [4.69, 9.17) is 0 Å². The molecule has 64 valence electrons. The van der Waals surface area contributed by atoms with Crippen molar-refractivity contribution in [3.63, 3.8) is 0 Å². The Kier molecular flexibility index (Phi) is 1.92. The molecule has 1 spiro atoms. The van der Waals surface area contributed by atoms with E-state index < -0.39 is 0 Å². The standard InChI is InChI=1S/C10H19N/c1-2-11-9-8-10(9)6-4-3-5-7-10/h9,11H,2-8H2,1H3. The largest absolute Gasteiger partial charge is 0.314 e. The first-order valence-corrected chi connectivity index (χ1v) is 5.11. The fraction of sp³-hybridized carbons (Fsp3) is 1.00. The van der Waals surface area contributed by atoms with Crippen LogP contribution in [0.3, 0.4) is 0 Å². The lowest BCUT2D eigenvalue weighted by molar-refractivity contribution is 0.314. The Morgan fingerprint density at radius 1 is 1.27 bits per heavy atom. The van der Waals surface area contributed by atoms with Gasteiger partial charge in [-0.3, -0.25) is 0 Å². The van der Waals surface area contributed by atoms with E-state index in [0.717, 1.165) is 18.0 Å². The van der Waals surface area contributed by atoms with Crippen LogP contribution >= 0.6 is 0 Å². The Morgan fingerprint density at radius 3 is 2.64 bits per heavy atom. The Bertz CT molecular complexity index is 136. The van der Waals surface area contributed by atoms with Gasteiger partial charge in [0.1, 0.15) is 0 Å². The van der Waals surface area contributed by atoms with Crippen molar-refractivity contribution in [2.24, 2.45) is 5.41 Å². The highest BCUT2D eigenvalue weighted by Crippen LogP contribution is 2.56. The summed E-state index contributed by atoms with van der Waals surface area (Å²) in [5.41, 5.74) is 0.786. The first-order chi connectivity index (χ1) is 5.37. The molecule has 0 aromatic heterocycles. The molecular formula is C10H19N. The van der Waals surface area contributed by atoms with Gasteiger partial charge in [0.05, 0.1) is 0 Å². The first-order valence-electron chi connectivity index (χ1n) is 5.11. The van der Waals surface area contributed by atoms with Gasteiger partial charge in [0, 0.05) is 6.04 Å². The fourth-order valence-corrected chi connectivity index (χ4v) is 2.69. The normalized spacial score (nSPS) is 34.1. The van der Waals surface area contributed by atoms with Crippen molar-refractivity contribution >= 4 is 0 Å². The van der Waals surface area contributed by atoms with Crippen LogP contribution in [0.4, 0.5) is 0 Å². The highest BCUT2D eigenvalue weighted by Gasteiger charge is 2.52. The van der Waals surface area contributed by atoms with E-state index >= 15 is 0 Å². The van der Waals surface area contributed by atoms with Crippen molar-refractivity contribution in [3.05, 3.63) is 0 Å². The Labute approximate surface area is 69.6 Å². The summed E-state index contributed by atoms with van der Waals surface area (Å²) in [5.74, 6) is 0. The second-order valence-corrected chi connectivity index (χ2v) is 4.24. The van der Waals surface area contributed by atoms with Crippen LogP contribution in [0.15, 0.2) is 0 Å². The van der Waals surface area contributed by atoms with Crippen molar-refractivity contribution in [2.45, 2.75) is 51.5 Å². The molecule has 11 heavy (non-hydrogen) atoms. The van der Waals surface area contributed by atoms with E-state index in [1.54, 1.807) is 0 Å². The van der Waals surface area contributed by atoms with Crippen molar-refractivity contribution in [1.82, 2.24) is 5.32 Å². The third-order valence-corrected chi connectivity index (χ3v) is 3.49. The van der Waals surface area contributed by atoms with E-state index in [-0.39, 0.29) is 0 Å². The summed E-state index contributed by atoms with van der Waals surface area (Å²) >= 11 is 0. The molecule has 2 saturated carbocycles. The van der Waals surface area contributed by atoms with Gasteiger partial charge in [-0.15, -0.1) is 0 Å². The number of nitrogens with one attached hydrogen (secondary N) is 1. The SMILES string of the molecule is CCNC1CC12CCCCC2. The average molecular weight is 153 g/mol. The smallest absolute Gasteiger partial charge is 0.0130 e. The van der Waals surface area contributed by atoms with Crippen LogP contribution in [-0.4, -0.2) is 12.6 Å². The molecule has 0 saturated heterocycles. The van der Waals surface area contributed by atoms with Crippen molar-refractivity contribution < 1.29 is 0 Å². The van der Waals surface area contributed by atoms with E-state index in [0.29, 0.717) is 0 Å². The van der Waals surface area contributed by atoms with Crippen LogP contribution in [0.1, 0.15) is 45.4 Å². The molecule has 1 heteroatoms. The number of rotatable bonds is 2. The van der Waals surface area contributed by atoms with Crippen LogP contribution in [0.25, 0.3) is 0 Å². The second-order valence-electron chi connectivity index (χ2n) is 4.24. The quantitative estimate of drug-likeness (QED) is 0.642. The van der Waals surface area contributed by atoms with Gasteiger partial charge in [0.25, 0.3) is 0 Å². The predicted molar refractivity (Wildman–Crippen MR) is 47.6 cm³/mol. The van der Waals surface area contributed by atoms with Crippen LogP contribution in [0.2, 0.25) is 0 Å². The van der Waals surface area contributed by atoms with Crippen LogP contribution < -0.4 is 5.32 Å². The summed E-state index contributed by atoms with van der Waals surface area (Å²) in [7, 11) is 0. The summed E-state index contributed by atoms with van der Waals surface area (Å²) in [5, 5.41) is 3.58. The molecule has 0 bridgehead atoms. The lowest BCUT2D eigenvalue weighted by atomic mass is 9.86. The summed E-state index contributed by atoms with van der Waals surface area (Å²) in [6, 6.07) is 0.896. The molecule has 2 aliphatic rings. The maximum atomic E-state index is 3.58. The van der Waals surface area contributed by atoms with Crippen LogP contribution in [0.5, 0.6) is 0 Å². The number of hydrogen-bond donors (Lipinski definition) is 1. The molecule has 2 fully saturated rings. The van der Waals surface area contributed by atoms with Gasteiger partial charge in [0.15, 0.2) is 0 Å². The zero-order chi connectivity index (χ0) is 7.73. The lowest BCUT2D eigenvalue weighted by Gasteiger charge is -2.22. The molecule has 0 aromatic carbocycles. The number of hydrogen-bond acceptors (Lipinski definition) is 1. The highest BCUT2D eigenvalue weighted by atomic mass is 15.0. The minimum atomic E-state index is 0.786. The van der Waals surface area contributed by atoms with Gasteiger partial charge < -0.3 is 5.32 Å². The predicted octanol–water partition coefficient (Wildman–Crippen LogP) is 2.32. The molecule has 0 radical (unpaired) electrons. The summed E-state index contributed by atoms with van der Waals surface area (Å²) in [4.78, 5) is 0. The molecule has 2 aliphatic carbocycles. The first kappa shape index (κ1) is 7.60. The van der Waals surface area contributed by atoms with Crippen LogP contribution in [-0.2, 0) is 0 Å². The molecule has 1 nitrogen and oxygen atoms in total. The van der Waals surface area contributed by atoms with Gasteiger partial charge in [0.2, 0.25) is 0 Å². The zero-order valence-electron chi connectivity index (χ0n) is 7.53. The second kappa shape index (κ2) is 2.78. The molecule has 2 rings (SSSR count). The Morgan fingerprint density at radius 2 is 2.00 bits per heavy atom. The maximum absolute atomic E-state index is 3.58. The van der Waals surface area contributed by atoms with Crippen molar-refractivity contribution in [1.29, 1.82) is 0 Å². The third-order valence-electron chi connectivity index (χ3n) is 3.49. The molecule has 0 aromatic rings. The van der Waals surface area contributed by atoms with Crippen molar-refractivity contribution in [3.8, 4) is 0 Å². The molecule has 1 unspecified atom stereocenters. The van der Waals surface area contributed by atoms with E-state index in [1.807, 2.05) is 0 Å². The fourth-order valence-electron chi connectivity index (χ4n) is 2.69. The van der Waals surface area contributed by atoms with E-state index in [2.05, 4.69) is 12.2 Å². The van der Waals surface area contributed by atoms with Gasteiger partial charge in [-0.05, 0) is 31.2 Å². The molecule has 0 aliphatic heterocycles. The molecular weight excluding hydrogens is 134 g/mol. The Balaban J connectivity index is 1.84. The highest BCUT2D eigenvalue weighted by molar-refractivity contribution is 5.08. The molecule has 0 amide bonds. The third kappa shape index (κ3) is 1.31. The van der Waals surface area contributed by atoms with Gasteiger partial charge in [-0.25, -0.2) is 0 Å². The van der Waals surface area contributed by atoms with Gasteiger partial charge >= 0.3 is 0 Å². The maximum Gasteiger partial charge on any atom is 0.0130 e. The summed E-state index contributed by atoms with van der Waals surface area (Å²) in [6.45, 7) is 3.38. The minimum absolute atomic E-state index is 0.786. The molecule has 1 atom stereocenters. The van der Waals surface area contributed by atoms with E-state index in [9.17, 15) is 0 Å². The Hall–Kier alpha value is -0.0400. The zero-order valence-corrected chi connectivity index (χ0v) is 7.53. The van der Waals surface area contributed by atoms with E-state index in [1.165, 1.54) is 38.5 Å². The monoisotopic (exact) mass is 153 g/mol. The average Bonchev–Trinajstić information content (AvgIpc) is 2.66. The topological polar surface area (TPSA) is 12.0 Å². The van der Waals surface area contributed by atoms with Gasteiger partial charge in [-0.2, -0.15) is 0 Å². The minimum Gasteiger partial charge on any atom is -0.314 e. The van der Waals surface area contributed by atoms with Crippen molar-refractivity contribution in [2.75, 3.05) is 6.54 Å². The molecule has 0 heterocycles. The summed E-state index contributed by atoms with van der Waals surface area (Å²) < 4.78 is 0.